The van der Waals surface area contributed by atoms with Gasteiger partial charge in [0.2, 0.25) is 0 Å². The predicted molar refractivity (Wildman–Crippen MR) is 151 cm³/mol. The Morgan fingerprint density at radius 2 is 1.77 bits per heavy atom. The Bertz CT molecular complexity index is 1630. The molecular weight excluding hydrogens is 506 g/mol. The Kier molecular flexibility index (Phi) is 6.17. The van der Waals surface area contributed by atoms with E-state index in [4.69, 9.17) is 4.74 Å². The van der Waals surface area contributed by atoms with Gasteiger partial charge in [0, 0.05) is 65.6 Å². The van der Waals surface area contributed by atoms with Gasteiger partial charge in [0.15, 0.2) is 5.78 Å². The first-order valence-electron chi connectivity index (χ1n) is 13.5. The van der Waals surface area contributed by atoms with E-state index in [1.54, 1.807) is 35.5 Å². The second-order valence-electron chi connectivity index (χ2n) is 11.6. The number of hydrogen-bond acceptors (Lipinski definition) is 6. The summed E-state index contributed by atoms with van der Waals surface area (Å²) in [4.78, 5) is 51.7. The maximum absolute atomic E-state index is 13.0. The zero-order chi connectivity index (χ0) is 28.1. The van der Waals surface area contributed by atoms with Crippen LogP contribution in [0.4, 0.5) is 10.6 Å². The summed E-state index contributed by atoms with van der Waals surface area (Å²) in [7, 11) is 0. The molecule has 9 nitrogen and oxygen atoms in total. The van der Waals surface area contributed by atoms with Crippen LogP contribution in [0.1, 0.15) is 66.3 Å². The first kappa shape index (κ1) is 25.7. The molecule has 2 aliphatic rings. The summed E-state index contributed by atoms with van der Waals surface area (Å²) in [5.41, 5.74) is 4.12. The van der Waals surface area contributed by atoms with Gasteiger partial charge < -0.3 is 19.9 Å². The Labute approximate surface area is 232 Å². The van der Waals surface area contributed by atoms with Gasteiger partial charge in [-0.15, -0.1) is 0 Å². The van der Waals surface area contributed by atoms with Crippen LogP contribution in [-0.4, -0.2) is 56.3 Å². The van der Waals surface area contributed by atoms with Crippen molar-refractivity contribution in [2.45, 2.75) is 51.0 Å². The van der Waals surface area contributed by atoms with Gasteiger partial charge in [0.1, 0.15) is 17.1 Å². The molecule has 0 bridgehead atoms. The highest BCUT2D eigenvalue weighted by Gasteiger charge is 2.46. The quantitative estimate of drug-likeness (QED) is 0.345. The molecule has 4 aromatic rings. The third-order valence-electron chi connectivity index (χ3n) is 7.80. The van der Waals surface area contributed by atoms with E-state index in [1.165, 1.54) is 0 Å². The third kappa shape index (κ3) is 4.72. The van der Waals surface area contributed by atoms with Crippen LogP contribution < -0.4 is 5.32 Å². The highest BCUT2D eigenvalue weighted by Crippen LogP contribution is 2.47. The van der Waals surface area contributed by atoms with Crippen molar-refractivity contribution in [3.63, 3.8) is 0 Å². The molecule has 3 aromatic heterocycles. The fourth-order valence-corrected chi connectivity index (χ4v) is 5.79. The van der Waals surface area contributed by atoms with Crippen LogP contribution >= 0.6 is 0 Å². The number of aromatic amines is 1. The van der Waals surface area contributed by atoms with E-state index in [1.807, 2.05) is 45.2 Å². The molecule has 0 saturated carbocycles. The number of rotatable bonds is 3. The molecule has 1 saturated heterocycles. The largest absolute Gasteiger partial charge is 0.444 e. The van der Waals surface area contributed by atoms with Crippen molar-refractivity contribution in [3.8, 4) is 11.1 Å². The monoisotopic (exact) mass is 537 g/mol. The van der Waals surface area contributed by atoms with Crippen molar-refractivity contribution >= 4 is 34.6 Å². The summed E-state index contributed by atoms with van der Waals surface area (Å²) in [5, 5.41) is 3.75. The molecule has 1 aliphatic heterocycles. The summed E-state index contributed by atoms with van der Waals surface area (Å²) >= 11 is 0. The van der Waals surface area contributed by atoms with Gasteiger partial charge in [-0.25, -0.2) is 9.78 Å². The summed E-state index contributed by atoms with van der Waals surface area (Å²) < 4.78 is 5.56. The summed E-state index contributed by atoms with van der Waals surface area (Å²) in [6, 6.07) is 13.0. The number of carbonyl (C=O) groups is 3. The molecule has 2 amide bonds. The standard InChI is InChI=1S/C31H31N5O4/c1-30(2,3)40-29(39)36-14-10-31(11-15-36)17-25(37)22-5-4-20(16-24(22)31)23-18-33-27-21(23)6-7-26(34-27)35-28(38)19-8-12-32-13-9-19/h4-9,12-13,16,18H,10-11,14-15,17H2,1-3H3,(H2,33,34,35,38). The number of H-pyrrole nitrogens is 1. The van der Waals surface area contributed by atoms with Crippen LogP contribution in [-0.2, 0) is 10.2 Å². The maximum atomic E-state index is 13.0. The summed E-state index contributed by atoms with van der Waals surface area (Å²) in [5.74, 6) is 0.340. The van der Waals surface area contributed by atoms with Crippen molar-refractivity contribution in [1.29, 1.82) is 0 Å². The smallest absolute Gasteiger partial charge is 0.410 e. The predicted octanol–water partition coefficient (Wildman–Crippen LogP) is 5.73. The van der Waals surface area contributed by atoms with E-state index in [-0.39, 0.29) is 23.2 Å². The molecule has 6 rings (SSSR count). The van der Waals surface area contributed by atoms with Gasteiger partial charge in [-0.1, -0.05) is 12.1 Å². The first-order chi connectivity index (χ1) is 19.1. The lowest BCUT2D eigenvalue weighted by Gasteiger charge is -2.40. The molecule has 1 spiro atoms. The molecular formula is C31H31N5O4. The number of aromatic nitrogens is 3. The number of pyridine rings is 2. The van der Waals surface area contributed by atoms with Crippen molar-refractivity contribution in [1.82, 2.24) is 19.9 Å². The number of ether oxygens (including phenoxy) is 1. The lowest BCUT2D eigenvalue weighted by molar-refractivity contribution is 0.0165. The molecule has 0 atom stereocenters. The van der Waals surface area contributed by atoms with Gasteiger partial charge in [-0.3, -0.25) is 14.6 Å². The van der Waals surface area contributed by atoms with Crippen molar-refractivity contribution in [2.75, 3.05) is 18.4 Å². The minimum atomic E-state index is -0.544. The first-order valence-corrected chi connectivity index (χ1v) is 13.5. The zero-order valence-corrected chi connectivity index (χ0v) is 22.8. The molecule has 2 N–H and O–H groups in total. The van der Waals surface area contributed by atoms with Gasteiger partial charge in [-0.2, -0.15) is 0 Å². The summed E-state index contributed by atoms with van der Waals surface area (Å²) in [6.45, 7) is 6.70. The number of piperidine rings is 1. The number of carbonyl (C=O) groups excluding carboxylic acids is 3. The fourth-order valence-electron chi connectivity index (χ4n) is 5.79. The maximum Gasteiger partial charge on any atom is 0.410 e. The average molecular weight is 538 g/mol. The molecule has 204 valence electrons. The number of likely N-dealkylation sites (tertiary alicyclic amines) is 1. The SMILES string of the molecule is CC(C)(C)OC(=O)N1CCC2(CC1)CC(=O)c1ccc(-c3c[nH]c4nc(NC(=O)c5ccncc5)ccc34)cc12. The van der Waals surface area contributed by atoms with Gasteiger partial charge in [0.05, 0.1) is 0 Å². The molecule has 4 heterocycles. The van der Waals surface area contributed by atoms with Crippen molar-refractivity contribution < 1.29 is 19.1 Å². The summed E-state index contributed by atoms with van der Waals surface area (Å²) in [6.07, 6.45) is 6.63. The fraction of sp³-hybridized carbons (Fsp3) is 0.323. The van der Waals surface area contributed by atoms with Crippen molar-refractivity contribution in [2.24, 2.45) is 0 Å². The number of nitrogens with one attached hydrogen (secondary N) is 2. The molecule has 40 heavy (non-hydrogen) atoms. The highest BCUT2D eigenvalue weighted by molar-refractivity contribution is 6.05. The van der Waals surface area contributed by atoms with Crippen molar-refractivity contribution in [3.05, 3.63) is 77.7 Å². The molecule has 0 unspecified atom stereocenters. The minimum absolute atomic E-state index is 0.155. The lowest BCUT2D eigenvalue weighted by Crippen LogP contribution is -2.46. The van der Waals surface area contributed by atoms with E-state index in [0.29, 0.717) is 49.4 Å². The van der Waals surface area contributed by atoms with Crippen LogP contribution in [0.25, 0.3) is 22.2 Å². The molecule has 1 fully saturated rings. The van der Waals surface area contributed by atoms with E-state index in [2.05, 4.69) is 26.3 Å². The van der Waals surface area contributed by atoms with Crippen LogP contribution in [0.3, 0.4) is 0 Å². The number of anilines is 1. The Hall–Kier alpha value is -4.53. The van der Waals surface area contributed by atoms with Crippen LogP contribution in [0.2, 0.25) is 0 Å². The minimum Gasteiger partial charge on any atom is -0.444 e. The number of hydrogen-bond donors (Lipinski definition) is 2. The molecule has 9 heteroatoms. The number of nitrogens with zero attached hydrogens (tertiary/aromatic N) is 3. The number of fused-ring (bicyclic) bond motifs is 3. The second-order valence-corrected chi connectivity index (χ2v) is 11.6. The molecule has 0 radical (unpaired) electrons. The number of benzene rings is 1. The topological polar surface area (TPSA) is 117 Å². The van der Waals surface area contributed by atoms with E-state index < -0.39 is 5.60 Å². The molecule has 1 aromatic carbocycles. The van der Waals surface area contributed by atoms with Gasteiger partial charge in [-0.05, 0) is 75.1 Å². The van der Waals surface area contributed by atoms with E-state index >= 15 is 0 Å². The van der Waals surface area contributed by atoms with Crippen LogP contribution in [0.15, 0.2) is 61.1 Å². The second kappa shape index (κ2) is 9.59. The Morgan fingerprint density at radius 1 is 1.02 bits per heavy atom. The lowest BCUT2D eigenvalue weighted by atomic mass is 9.73. The van der Waals surface area contributed by atoms with Gasteiger partial charge >= 0.3 is 6.09 Å². The highest BCUT2D eigenvalue weighted by atomic mass is 16.6. The van der Waals surface area contributed by atoms with E-state index in [0.717, 1.165) is 27.6 Å². The Balaban J connectivity index is 1.25. The molecule has 1 aliphatic carbocycles. The zero-order valence-electron chi connectivity index (χ0n) is 22.8. The average Bonchev–Trinajstić information content (AvgIpc) is 3.46. The van der Waals surface area contributed by atoms with Gasteiger partial charge in [0.25, 0.3) is 5.91 Å². The number of Topliss-reactive ketones (excluding diaryl/α,β-unsaturated/α-hetero) is 1. The van der Waals surface area contributed by atoms with E-state index in [9.17, 15) is 14.4 Å². The number of ketones is 1. The number of amides is 2. The van der Waals surface area contributed by atoms with Crippen LogP contribution in [0, 0.1) is 0 Å². The third-order valence-corrected chi connectivity index (χ3v) is 7.80. The van der Waals surface area contributed by atoms with Crippen LogP contribution in [0.5, 0.6) is 0 Å². The Morgan fingerprint density at radius 3 is 2.50 bits per heavy atom. The normalized spacial score (nSPS) is 16.3.